The lowest BCUT2D eigenvalue weighted by Gasteiger charge is -2.13. The van der Waals surface area contributed by atoms with E-state index in [1.807, 2.05) is 20.0 Å². The lowest BCUT2D eigenvalue weighted by molar-refractivity contribution is 0.0560. The molecule has 1 aliphatic heterocycles. The van der Waals surface area contributed by atoms with Gasteiger partial charge in [0.15, 0.2) is 0 Å². The van der Waals surface area contributed by atoms with Gasteiger partial charge >= 0.3 is 5.97 Å². The van der Waals surface area contributed by atoms with Crippen molar-refractivity contribution in [2.24, 2.45) is 0 Å². The Kier molecular flexibility index (Phi) is 4.04. The van der Waals surface area contributed by atoms with Crippen molar-refractivity contribution in [1.29, 1.82) is 0 Å². The van der Waals surface area contributed by atoms with Crippen LogP contribution in [-0.4, -0.2) is 44.2 Å². The highest BCUT2D eigenvalue weighted by Gasteiger charge is 2.23. The summed E-state index contributed by atoms with van der Waals surface area (Å²) < 4.78 is 10.2. The van der Waals surface area contributed by atoms with Crippen molar-refractivity contribution in [1.82, 2.24) is 10.2 Å². The van der Waals surface area contributed by atoms with Crippen LogP contribution in [0.1, 0.15) is 28.3 Å². The number of aryl methyl sites for hydroxylation is 1. The molecule has 1 saturated heterocycles. The van der Waals surface area contributed by atoms with Gasteiger partial charge in [0.05, 0.1) is 13.7 Å². The van der Waals surface area contributed by atoms with E-state index in [4.69, 9.17) is 4.42 Å². The molecule has 1 aromatic rings. The summed E-state index contributed by atoms with van der Waals surface area (Å²) in [5.41, 5.74) is 0.834. The van der Waals surface area contributed by atoms with Crippen LogP contribution in [-0.2, 0) is 11.3 Å². The monoisotopic (exact) mass is 252 g/mol. The van der Waals surface area contributed by atoms with Crippen LogP contribution in [0.3, 0.4) is 0 Å². The Labute approximate surface area is 107 Å². The number of methoxy groups -OCH3 is 1. The minimum Gasteiger partial charge on any atom is -0.463 e. The summed E-state index contributed by atoms with van der Waals surface area (Å²) in [5.74, 6) is 0.731. The highest BCUT2D eigenvalue weighted by molar-refractivity contribution is 5.87. The maximum Gasteiger partial charge on any atom is 0.374 e. The minimum atomic E-state index is -0.409. The zero-order valence-electron chi connectivity index (χ0n) is 11.2. The Morgan fingerprint density at radius 1 is 1.67 bits per heavy atom. The first kappa shape index (κ1) is 13.1. The second kappa shape index (κ2) is 5.54. The third-order valence-electron chi connectivity index (χ3n) is 3.40. The van der Waals surface area contributed by atoms with Crippen molar-refractivity contribution >= 4 is 5.97 Å². The maximum absolute atomic E-state index is 11.4. The van der Waals surface area contributed by atoms with Crippen molar-refractivity contribution in [3.63, 3.8) is 0 Å². The van der Waals surface area contributed by atoms with Crippen LogP contribution in [0.2, 0.25) is 0 Å². The summed E-state index contributed by atoms with van der Waals surface area (Å²) in [6.45, 7) is 4.68. The molecular weight excluding hydrogens is 232 g/mol. The molecule has 1 atom stereocenters. The number of nitrogens with one attached hydrogen (secondary N) is 1. The van der Waals surface area contributed by atoms with Crippen molar-refractivity contribution < 1.29 is 13.9 Å². The van der Waals surface area contributed by atoms with E-state index in [1.54, 1.807) is 0 Å². The van der Waals surface area contributed by atoms with Gasteiger partial charge in [0.25, 0.3) is 0 Å². The Bertz CT molecular complexity index is 428. The summed E-state index contributed by atoms with van der Waals surface area (Å²) in [7, 11) is 3.35. The molecule has 1 N–H and O–H groups in total. The number of ether oxygens (including phenoxy) is 1. The lowest BCUT2D eigenvalue weighted by atomic mass is 10.2. The van der Waals surface area contributed by atoms with E-state index in [0.29, 0.717) is 11.8 Å². The molecule has 0 aromatic carbocycles. The topological polar surface area (TPSA) is 54.7 Å². The van der Waals surface area contributed by atoms with E-state index in [9.17, 15) is 4.79 Å². The predicted molar refractivity (Wildman–Crippen MR) is 67.5 cm³/mol. The number of likely N-dealkylation sites (N-methyl/N-ethyl adjacent to an activating group) is 1. The molecule has 0 amide bonds. The zero-order chi connectivity index (χ0) is 13.1. The first-order valence-corrected chi connectivity index (χ1v) is 6.21. The molecule has 1 aromatic heterocycles. The molecule has 1 unspecified atom stereocenters. The highest BCUT2D eigenvalue weighted by atomic mass is 16.5. The van der Waals surface area contributed by atoms with Crippen LogP contribution < -0.4 is 5.32 Å². The van der Waals surface area contributed by atoms with Crippen molar-refractivity contribution in [3.8, 4) is 0 Å². The molecule has 2 rings (SSSR count). The molecule has 2 heterocycles. The molecule has 5 heteroatoms. The van der Waals surface area contributed by atoms with E-state index in [2.05, 4.69) is 15.0 Å². The number of hydrogen-bond donors (Lipinski definition) is 1. The molecule has 18 heavy (non-hydrogen) atoms. The molecule has 0 bridgehead atoms. The van der Waals surface area contributed by atoms with Gasteiger partial charge < -0.3 is 14.5 Å². The number of hydrogen-bond acceptors (Lipinski definition) is 5. The van der Waals surface area contributed by atoms with Crippen LogP contribution in [0, 0.1) is 6.92 Å². The smallest absolute Gasteiger partial charge is 0.374 e. The Hall–Kier alpha value is -1.33. The number of furan rings is 1. The molecule has 0 aliphatic carbocycles. The van der Waals surface area contributed by atoms with E-state index < -0.39 is 5.97 Å². The predicted octanol–water partition coefficient (Wildman–Crippen LogP) is 1.17. The number of carbonyl (C=O) groups excluding carboxylic acids is 1. The van der Waals surface area contributed by atoms with Crippen LogP contribution >= 0.6 is 0 Å². The Balaban J connectivity index is 2.00. The molecule has 0 spiro atoms. The van der Waals surface area contributed by atoms with Gasteiger partial charge in [-0.15, -0.1) is 0 Å². The number of rotatable bonds is 4. The van der Waals surface area contributed by atoms with Gasteiger partial charge in [-0.25, -0.2) is 4.79 Å². The van der Waals surface area contributed by atoms with E-state index >= 15 is 0 Å². The first-order valence-electron chi connectivity index (χ1n) is 6.21. The van der Waals surface area contributed by atoms with Gasteiger partial charge in [0.1, 0.15) is 5.76 Å². The van der Waals surface area contributed by atoms with E-state index in [1.165, 1.54) is 7.11 Å². The summed E-state index contributed by atoms with van der Waals surface area (Å²) >= 11 is 0. The molecule has 0 saturated carbocycles. The summed E-state index contributed by atoms with van der Waals surface area (Å²) in [6.07, 6.45) is 1.15. The Morgan fingerprint density at radius 2 is 2.44 bits per heavy atom. The SMILES string of the molecule is CNC1CCN(Cc2cc(C)c(C(=O)OC)o2)C1. The van der Waals surface area contributed by atoms with E-state index in [-0.39, 0.29) is 0 Å². The second-order valence-electron chi connectivity index (χ2n) is 4.73. The standard InChI is InChI=1S/C13H20N2O3/c1-9-6-11(18-12(9)13(16)17-3)8-15-5-4-10(7-15)14-2/h6,10,14H,4-5,7-8H2,1-3H3. The van der Waals surface area contributed by atoms with Gasteiger partial charge in [-0.3, -0.25) is 4.90 Å². The van der Waals surface area contributed by atoms with Gasteiger partial charge in [-0.2, -0.15) is 0 Å². The quantitative estimate of drug-likeness (QED) is 0.815. The van der Waals surface area contributed by atoms with Crippen LogP contribution in [0.15, 0.2) is 10.5 Å². The van der Waals surface area contributed by atoms with Crippen LogP contribution in [0.4, 0.5) is 0 Å². The van der Waals surface area contributed by atoms with Gasteiger partial charge in [-0.05, 0) is 26.5 Å². The fraction of sp³-hybridized carbons (Fsp3) is 0.615. The molecule has 5 nitrogen and oxygen atoms in total. The normalized spacial score (nSPS) is 20.3. The second-order valence-corrected chi connectivity index (χ2v) is 4.73. The van der Waals surface area contributed by atoms with E-state index in [0.717, 1.165) is 37.4 Å². The third-order valence-corrected chi connectivity index (χ3v) is 3.40. The average molecular weight is 252 g/mol. The van der Waals surface area contributed by atoms with Crippen molar-refractivity contribution in [2.45, 2.75) is 25.9 Å². The number of likely N-dealkylation sites (tertiary alicyclic amines) is 1. The maximum atomic E-state index is 11.4. The fourth-order valence-electron chi connectivity index (χ4n) is 2.35. The highest BCUT2D eigenvalue weighted by Crippen LogP contribution is 2.19. The number of carbonyl (C=O) groups is 1. The zero-order valence-corrected chi connectivity index (χ0v) is 11.2. The number of nitrogens with zero attached hydrogens (tertiary/aromatic N) is 1. The van der Waals surface area contributed by atoms with Gasteiger partial charge in [-0.1, -0.05) is 0 Å². The largest absolute Gasteiger partial charge is 0.463 e. The van der Waals surface area contributed by atoms with Crippen LogP contribution in [0.25, 0.3) is 0 Å². The Morgan fingerprint density at radius 3 is 3.06 bits per heavy atom. The molecule has 1 aliphatic rings. The summed E-state index contributed by atoms with van der Waals surface area (Å²) in [6, 6.07) is 2.47. The number of esters is 1. The molecule has 1 fully saturated rings. The van der Waals surface area contributed by atoms with Crippen LogP contribution in [0.5, 0.6) is 0 Å². The first-order chi connectivity index (χ1) is 8.63. The van der Waals surface area contributed by atoms with Crippen molar-refractivity contribution in [3.05, 3.63) is 23.2 Å². The van der Waals surface area contributed by atoms with Gasteiger partial charge in [0, 0.05) is 24.7 Å². The molecule has 100 valence electrons. The van der Waals surface area contributed by atoms with Gasteiger partial charge in [0.2, 0.25) is 5.76 Å². The third kappa shape index (κ3) is 2.73. The fourth-order valence-corrected chi connectivity index (χ4v) is 2.35. The average Bonchev–Trinajstić information content (AvgIpc) is 2.95. The van der Waals surface area contributed by atoms with Crippen molar-refractivity contribution in [2.75, 3.05) is 27.2 Å². The molecular formula is C13H20N2O3. The molecule has 0 radical (unpaired) electrons. The summed E-state index contributed by atoms with van der Waals surface area (Å²) in [5, 5.41) is 3.28. The lowest BCUT2D eigenvalue weighted by Crippen LogP contribution is -2.29. The minimum absolute atomic E-state index is 0.317. The summed E-state index contributed by atoms with van der Waals surface area (Å²) in [4.78, 5) is 13.8.